The summed E-state index contributed by atoms with van der Waals surface area (Å²) in [6.45, 7) is 1.47. The quantitative estimate of drug-likeness (QED) is 0.717. The van der Waals surface area contributed by atoms with E-state index < -0.39 is 19.4 Å². The van der Waals surface area contributed by atoms with Gasteiger partial charge in [0.25, 0.3) is 0 Å². The zero-order valence-electron chi connectivity index (χ0n) is 8.34. The Bertz CT molecular complexity index is 429. The fourth-order valence-corrected chi connectivity index (χ4v) is 1.70. The highest BCUT2D eigenvalue weighted by Gasteiger charge is 2.55. The highest BCUT2D eigenvalue weighted by atomic mass is 31.2. The number of aliphatic hydroxyl groups excluding tert-OH is 1. The Morgan fingerprint density at radius 3 is 2.25 bits per heavy atom. The van der Waals surface area contributed by atoms with E-state index in [-0.39, 0.29) is 5.56 Å². The number of halogens is 2. The van der Waals surface area contributed by atoms with Gasteiger partial charge in [-0.15, -0.1) is 0 Å². The molecule has 1 rings (SSSR count). The van der Waals surface area contributed by atoms with E-state index in [0.29, 0.717) is 5.56 Å². The second-order valence-electron chi connectivity index (χ2n) is 3.39. The molecule has 0 aliphatic carbocycles. The molecule has 0 aliphatic rings. The summed E-state index contributed by atoms with van der Waals surface area (Å²) in [6, 6.07) is 5.64. The summed E-state index contributed by atoms with van der Waals surface area (Å²) < 4.78 is 36.9. The average Bonchev–Trinajstić information content (AvgIpc) is 2.15. The summed E-state index contributed by atoms with van der Waals surface area (Å²) >= 11 is 0. The Morgan fingerprint density at radius 1 is 1.31 bits per heavy atom. The van der Waals surface area contributed by atoms with Crippen molar-refractivity contribution in [2.75, 3.05) is 0 Å². The molecule has 7 heteroatoms. The van der Waals surface area contributed by atoms with Gasteiger partial charge in [0.1, 0.15) is 0 Å². The largest absolute Gasteiger partial charge is 0.397 e. The molecule has 16 heavy (non-hydrogen) atoms. The zero-order valence-corrected chi connectivity index (χ0v) is 9.23. The van der Waals surface area contributed by atoms with E-state index in [1.807, 2.05) is 0 Å². The van der Waals surface area contributed by atoms with Crippen LogP contribution in [-0.2, 0) is 4.57 Å². The maximum Gasteiger partial charge on any atom is 0.397 e. The monoisotopic (exact) mass is 252 g/mol. The van der Waals surface area contributed by atoms with Gasteiger partial charge in [0.05, 0.1) is 0 Å². The molecule has 0 bridgehead atoms. The fourth-order valence-electron chi connectivity index (χ4n) is 1.24. The molecule has 0 saturated carbocycles. The van der Waals surface area contributed by atoms with Crippen molar-refractivity contribution in [3.63, 3.8) is 0 Å². The van der Waals surface area contributed by atoms with Gasteiger partial charge in [0.15, 0.2) is 6.10 Å². The maximum absolute atomic E-state index is 13.2. The third-order valence-electron chi connectivity index (χ3n) is 2.20. The van der Waals surface area contributed by atoms with Crippen molar-refractivity contribution >= 4 is 7.60 Å². The topological polar surface area (TPSA) is 77.8 Å². The summed E-state index contributed by atoms with van der Waals surface area (Å²) in [6.07, 6.45) is -2.52. The normalized spacial score (nSPS) is 14.9. The van der Waals surface area contributed by atoms with Gasteiger partial charge in [-0.05, 0) is 18.1 Å². The van der Waals surface area contributed by atoms with Crippen LogP contribution in [0.25, 0.3) is 0 Å². The average molecular weight is 252 g/mol. The van der Waals surface area contributed by atoms with Gasteiger partial charge in [-0.3, -0.25) is 4.57 Å². The van der Waals surface area contributed by atoms with Crippen LogP contribution in [0.1, 0.15) is 17.2 Å². The second kappa shape index (κ2) is 4.22. The number of aryl methyl sites for hydroxylation is 1. The Labute approximate surface area is 90.7 Å². The predicted molar refractivity (Wildman–Crippen MR) is 53.1 cm³/mol. The van der Waals surface area contributed by atoms with E-state index in [1.165, 1.54) is 25.1 Å². The van der Waals surface area contributed by atoms with E-state index in [4.69, 9.17) is 9.79 Å². The van der Waals surface area contributed by atoms with Crippen molar-refractivity contribution in [2.45, 2.75) is 18.7 Å². The SMILES string of the molecule is Cc1ccccc1C(O)C(F)(F)P(=O)(O)O. The zero-order chi connectivity index (χ0) is 12.6. The smallest absolute Gasteiger partial charge is 0.381 e. The highest BCUT2D eigenvalue weighted by Crippen LogP contribution is 2.58. The van der Waals surface area contributed by atoms with Crippen molar-refractivity contribution in [1.29, 1.82) is 0 Å². The number of aliphatic hydroxyl groups is 1. The minimum Gasteiger partial charge on any atom is -0.381 e. The molecular formula is C9H11F2O4P. The summed E-state index contributed by atoms with van der Waals surface area (Å²) in [5.41, 5.74) is -4.35. The third-order valence-corrected chi connectivity index (χ3v) is 3.22. The Morgan fingerprint density at radius 2 is 1.81 bits per heavy atom. The van der Waals surface area contributed by atoms with Gasteiger partial charge in [0.2, 0.25) is 0 Å². The first kappa shape index (κ1) is 13.3. The van der Waals surface area contributed by atoms with E-state index in [1.54, 1.807) is 6.07 Å². The number of benzene rings is 1. The minimum absolute atomic E-state index is 0.198. The molecule has 3 N–H and O–H groups in total. The molecule has 1 aromatic carbocycles. The van der Waals surface area contributed by atoms with Crippen molar-refractivity contribution in [3.8, 4) is 0 Å². The van der Waals surface area contributed by atoms with Gasteiger partial charge in [-0.25, -0.2) is 0 Å². The molecule has 4 nitrogen and oxygen atoms in total. The fraction of sp³-hybridized carbons (Fsp3) is 0.333. The van der Waals surface area contributed by atoms with Gasteiger partial charge in [-0.1, -0.05) is 24.3 Å². The van der Waals surface area contributed by atoms with E-state index in [2.05, 4.69) is 0 Å². The highest BCUT2D eigenvalue weighted by molar-refractivity contribution is 7.53. The molecule has 1 atom stereocenters. The second-order valence-corrected chi connectivity index (χ2v) is 5.08. The number of rotatable bonds is 3. The van der Waals surface area contributed by atoms with Crippen LogP contribution in [-0.4, -0.2) is 20.6 Å². The number of alkyl halides is 2. The summed E-state index contributed by atoms with van der Waals surface area (Å²) in [5.74, 6) is 0. The molecule has 0 amide bonds. The summed E-state index contributed by atoms with van der Waals surface area (Å²) in [7, 11) is -5.69. The van der Waals surface area contributed by atoms with Crippen LogP contribution in [0.5, 0.6) is 0 Å². The third kappa shape index (κ3) is 2.30. The van der Waals surface area contributed by atoms with Gasteiger partial charge in [-0.2, -0.15) is 8.78 Å². The van der Waals surface area contributed by atoms with Gasteiger partial charge >= 0.3 is 13.3 Å². The molecule has 0 aliphatic heterocycles. The molecule has 1 unspecified atom stereocenters. The van der Waals surface area contributed by atoms with Gasteiger partial charge < -0.3 is 14.9 Å². The molecule has 0 heterocycles. The first-order chi connectivity index (χ1) is 7.18. The Balaban J connectivity index is 3.18. The molecule has 0 fully saturated rings. The molecule has 0 saturated heterocycles. The van der Waals surface area contributed by atoms with Crippen molar-refractivity contribution in [1.82, 2.24) is 0 Å². The van der Waals surface area contributed by atoms with Crippen LogP contribution in [0.2, 0.25) is 0 Å². The molecule has 0 radical (unpaired) electrons. The van der Waals surface area contributed by atoms with Crippen molar-refractivity contribution < 1.29 is 28.2 Å². The van der Waals surface area contributed by atoms with Crippen LogP contribution >= 0.6 is 7.60 Å². The molecule has 0 spiro atoms. The maximum atomic E-state index is 13.2. The van der Waals surface area contributed by atoms with E-state index >= 15 is 0 Å². The van der Waals surface area contributed by atoms with E-state index in [9.17, 15) is 18.5 Å². The lowest BCUT2D eigenvalue weighted by molar-refractivity contribution is -0.0609. The van der Waals surface area contributed by atoms with Crippen LogP contribution in [0, 0.1) is 6.92 Å². The summed E-state index contributed by atoms with van der Waals surface area (Å²) in [5, 5.41) is 9.32. The first-order valence-electron chi connectivity index (χ1n) is 4.35. The molecular weight excluding hydrogens is 241 g/mol. The lowest BCUT2D eigenvalue weighted by Gasteiger charge is -2.24. The van der Waals surface area contributed by atoms with Gasteiger partial charge in [0, 0.05) is 0 Å². The Kier molecular flexibility index (Phi) is 3.50. The molecule has 1 aromatic rings. The standard InChI is InChI=1S/C9H11F2O4P/c1-6-4-2-3-5-7(6)8(12)9(10,11)16(13,14)15/h2-5,8,12H,1H3,(H2,13,14,15). The Hall–Kier alpha value is -0.810. The van der Waals surface area contributed by atoms with E-state index in [0.717, 1.165) is 0 Å². The first-order valence-corrected chi connectivity index (χ1v) is 5.96. The molecule has 0 aromatic heterocycles. The van der Waals surface area contributed by atoms with Crippen LogP contribution in [0.15, 0.2) is 24.3 Å². The van der Waals surface area contributed by atoms with Crippen molar-refractivity contribution in [3.05, 3.63) is 35.4 Å². The summed E-state index contributed by atoms with van der Waals surface area (Å²) in [4.78, 5) is 16.9. The van der Waals surface area contributed by atoms with Crippen LogP contribution in [0.4, 0.5) is 8.78 Å². The van der Waals surface area contributed by atoms with Crippen molar-refractivity contribution in [2.24, 2.45) is 0 Å². The van der Waals surface area contributed by atoms with Crippen LogP contribution in [0.3, 0.4) is 0 Å². The minimum atomic E-state index is -5.69. The lowest BCUT2D eigenvalue weighted by Crippen LogP contribution is -2.26. The predicted octanol–water partition coefficient (Wildman–Crippen LogP) is 1.80. The lowest BCUT2D eigenvalue weighted by atomic mass is 10.0. The number of hydrogen-bond acceptors (Lipinski definition) is 2. The van der Waals surface area contributed by atoms with Crippen LogP contribution < -0.4 is 0 Å². The number of hydrogen-bond donors (Lipinski definition) is 3. The molecule has 90 valence electrons.